The lowest BCUT2D eigenvalue weighted by Crippen LogP contribution is -2.15. The lowest BCUT2D eigenvalue weighted by molar-refractivity contribution is 0.102. The number of H-pyrrole nitrogens is 2. The maximum Gasteiger partial charge on any atom is 0.326 e. The molecule has 3 aromatic heterocycles. The van der Waals surface area contributed by atoms with Gasteiger partial charge in [-0.1, -0.05) is 0 Å². The third-order valence-corrected chi connectivity index (χ3v) is 4.15. The fourth-order valence-electron chi connectivity index (χ4n) is 2.85. The highest BCUT2D eigenvalue weighted by molar-refractivity contribution is 6.05. The van der Waals surface area contributed by atoms with Gasteiger partial charge in [0.2, 0.25) is 0 Å². The summed E-state index contributed by atoms with van der Waals surface area (Å²) in [4.78, 5) is 31.2. The molecule has 26 heavy (non-hydrogen) atoms. The van der Waals surface area contributed by atoms with Crippen molar-refractivity contribution in [2.24, 2.45) is 0 Å². The minimum atomic E-state index is -0.299. The SMILES string of the molecule is CCn1c(=O)[nH]c2ccc(C(=O)Nc3cc(-c4cccnc4)[nH]n3)cc21. The molecular weight excluding hydrogens is 332 g/mol. The second kappa shape index (κ2) is 6.32. The fourth-order valence-corrected chi connectivity index (χ4v) is 2.85. The number of rotatable bonds is 4. The van der Waals surface area contributed by atoms with E-state index in [9.17, 15) is 9.59 Å². The van der Waals surface area contributed by atoms with Gasteiger partial charge < -0.3 is 10.3 Å². The van der Waals surface area contributed by atoms with Crippen molar-refractivity contribution >= 4 is 22.8 Å². The Labute approximate surface area is 147 Å². The molecule has 3 heterocycles. The number of anilines is 1. The van der Waals surface area contributed by atoms with Crippen molar-refractivity contribution in [3.63, 3.8) is 0 Å². The van der Waals surface area contributed by atoms with E-state index >= 15 is 0 Å². The zero-order valence-corrected chi connectivity index (χ0v) is 14.0. The van der Waals surface area contributed by atoms with Gasteiger partial charge in [-0.3, -0.25) is 19.4 Å². The van der Waals surface area contributed by atoms with Gasteiger partial charge in [0.05, 0.1) is 16.7 Å². The number of nitrogens with zero attached hydrogens (tertiary/aromatic N) is 3. The average Bonchev–Trinajstić information content (AvgIpc) is 3.25. The average molecular weight is 348 g/mol. The van der Waals surface area contributed by atoms with Crippen molar-refractivity contribution in [2.45, 2.75) is 13.5 Å². The lowest BCUT2D eigenvalue weighted by Gasteiger charge is -2.03. The number of imidazole rings is 1. The first-order valence-corrected chi connectivity index (χ1v) is 8.15. The summed E-state index contributed by atoms with van der Waals surface area (Å²) in [5, 5.41) is 9.75. The first-order chi connectivity index (χ1) is 12.7. The van der Waals surface area contributed by atoms with Crippen LogP contribution in [0.15, 0.2) is 53.6 Å². The van der Waals surface area contributed by atoms with E-state index in [4.69, 9.17) is 0 Å². The highest BCUT2D eigenvalue weighted by Crippen LogP contribution is 2.19. The third kappa shape index (κ3) is 2.77. The molecule has 8 heteroatoms. The van der Waals surface area contributed by atoms with Crippen LogP contribution >= 0.6 is 0 Å². The van der Waals surface area contributed by atoms with Crippen molar-refractivity contribution < 1.29 is 4.79 Å². The number of carbonyl (C=O) groups excluding carboxylic acids is 1. The molecule has 1 aromatic carbocycles. The van der Waals surface area contributed by atoms with E-state index < -0.39 is 0 Å². The predicted octanol–water partition coefficient (Wildman–Crippen LogP) is 2.39. The first-order valence-electron chi connectivity index (χ1n) is 8.15. The topological polar surface area (TPSA) is 108 Å². The summed E-state index contributed by atoms with van der Waals surface area (Å²) in [6, 6.07) is 10.6. The fraction of sp³-hybridized carbons (Fsp3) is 0.111. The predicted molar refractivity (Wildman–Crippen MR) is 98.0 cm³/mol. The molecule has 0 unspecified atom stereocenters. The molecular formula is C18H16N6O2. The van der Waals surface area contributed by atoms with Crippen LogP contribution in [0.25, 0.3) is 22.3 Å². The Morgan fingerprint density at radius 3 is 2.92 bits per heavy atom. The minimum absolute atomic E-state index is 0.187. The third-order valence-electron chi connectivity index (χ3n) is 4.15. The highest BCUT2D eigenvalue weighted by atomic mass is 16.2. The molecule has 0 fully saturated rings. The van der Waals surface area contributed by atoms with Crippen molar-refractivity contribution in [1.29, 1.82) is 0 Å². The summed E-state index contributed by atoms with van der Waals surface area (Å²) in [5.74, 6) is 0.114. The second-order valence-corrected chi connectivity index (χ2v) is 5.77. The number of pyridine rings is 1. The van der Waals surface area contributed by atoms with Crippen molar-refractivity contribution in [3.8, 4) is 11.3 Å². The quantitative estimate of drug-likeness (QED) is 0.526. The molecule has 4 aromatic rings. The molecule has 0 atom stereocenters. The zero-order chi connectivity index (χ0) is 18.1. The van der Waals surface area contributed by atoms with Crippen LogP contribution in [0.3, 0.4) is 0 Å². The molecule has 0 saturated carbocycles. The Hall–Kier alpha value is -3.68. The maximum atomic E-state index is 12.5. The van der Waals surface area contributed by atoms with E-state index in [1.807, 2.05) is 19.1 Å². The Morgan fingerprint density at radius 2 is 2.15 bits per heavy atom. The maximum absolute atomic E-state index is 12.5. The number of hydrogen-bond acceptors (Lipinski definition) is 4. The monoisotopic (exact) mass is 348 g/mol. The van der Waals surface area contributed by atoms with Crippen LogP contribution in [0.5, 0.6) is 0 Å². The summed E-state index contributed by atoms with van der Waals surface area (Å²) in [6.07, 6.45) is 3.40. The summed E-state index contributed by atoms with van der Waals surface area (Å²) >= 11 is 0. The standard InChI is InChI=1S/C18H16N6O2/c1-2-24-15-8-11(5-6-13(15)20-18(24)26)17(25)21-16-9-14(22-23-16)12-4-3-7-19-10-12/h3-10H,2H2,1H3,(H,20,26)(H2,21,22,23,25). The van der Waals surface area contributed by atoms with Crippen LogP contribution in [-0.2, 0) is 6.54 Å². The van der Waals surface area contributed by atoms with E-state index in [0.717, 1.165) is 11.3 Å². The number of hydrogen-bond donors (Lipinski definition) is 3. The normalized spacial score (nSPS) is 11.0. The van der Waals surface area contributed by atoms with Gasteiger partial charge in [0.1, 0.15) is 0 Å². The van der Waals surface area contributed by atoms with Crippen LogP contribution in [0.4, 0.5) is 5.82 Å². The van der Waals surface area contributed by atoms with Gasteiger partial charge in [-0.05, 0) is 37.3 Å². The van der Waals surface area contributed by atoms with Gasteiger partial charge in [-0.15, -0.1) is 0 Å². The Balaban J connectivity index is 1.60. The largest absolute Gasteiger partial charge is 0.326 e. The molecule has 0 aliphatic carbocycles. The van der Waals surface area contributed by atoms with Crippen LogP contribution in [0.1, 0.15) is 17.3 Å². The number of aromatic nitrogens is 5. The van der Waals surface area contributed by atoms with Crippen molar-refractivity contribution in [2.75, 3.05) is 5.32 Å². The Morgan fingerprint density at radius 1 is 1.27 bits per heavy atom. The molecule has 0 bridgehead atoms. The molecule has 0 spiro atoms. The van der Waals surface area contributed by atoms with Gasteiger partial charge >= 0.3 is 5.69 Å². The molecule has 3 N–H and O–H groups in total. The molecule has 0 saturated heterocycles. The van der Waals surface area contributed by atoms with Gasteiger partial charge in [0, 0.05) is 36.1 Å². The molecule has 1 amide bonds. The first kappa shape index (κ1) is 15.8. The number of amides is 1. The summed E-state index contributed by atoms with van der Waals surface area (Å²) < 4.78 is 1.58. The summed E-state index contributed by atoms with van der Waals surface area (Å²) in [6.45, 7) is 2.41. The van der Waals surface area contributed by atoms with Gasteiger partial charge in [-0.2, -0.15) is 5.10 Å². The van der Waals surface area contributed by atoms with E-state index in [1.54, 1.807) is 41.2 Å². The molecule has 0 radical (unpaired) electrons. The number of aryl methyl sites for hydroxylation is 1. The summed E-state index contributed by atoms with van der Waals surface area (Å²) in [5.41, 5.74) is 3.30. The van der Waals surface area contributed by atoms with E-state index in [-0.39, 0.29) is 11.6 Å². The van der Waals surface area contributed by atoms with Gasteiger partial charge in [0.25, 0.3) is 5.91 Å². The van der Waals surface area contributed by atoms with E-state index in [2.05, 4.69) is 25.5 Å². The number of nitrogens with one attached hydrogen (secondary N) is 3. The van der Waals surface area contributed by atoms with Crippen LogP contribution in [0.2, 0.25) is 0 Å². The van der Waals surface area contributed by atoms with Crippen LogP contribution in [-0.4, -0.2) is 30.6 Å². The molecule has 130 valence electrons. The Kier molecular flexibility index (Phi) is 3.85. The second-order valence-electron chi connectivity index (χ2n) is 5.77. The van der Waals surface area contributed by atoms with Crippen molar-refractivity contribution in [3.05, 3.63) is 64.8 Å². The van der Waals surface area contributed by atoms with Crippen molar-refractivity contribution in [1.82, 2.24) is 24.7 Å². The number of fused-ring (bicyclic) bond motifs is 1. The molecule has 4 rings (SSSR count). The molecule has 8 nitrogen and oxygen atoms in total. The number of carbonyl (C=O) groups is 1. The van der Waals surface area contributed by atoms with E-state index in [1.165, 1.54) is 0 Å². The molecule has 0 aliphatic heterocycles. The zero-order valence-electron chi connectivity index (χ0n) is 14.0. The smallest absolute Gasteiger partial charge is 0.306 e. The van der Waals surface area contributed by atoms with E-state index in [0.29, 0.717) is 29.0 Å². The van der Waals surface area contributed by atoms with Gasteiger partial charge in [0.15, 0.2) is 5.82 Å². The Bertz CT molecular complexity index is 1140. The van der Waals surface area contributed by atoms with Crippen LogP contribution < -0.4 is 11.0 Å². The number of aromatic amines is 2. The van der Waals surface area contributed by atoms with Gasteiger partial charge in [-0.25, -0.2) is 4.79 Å². The lowest BCUT2D eigenvalue weighted by atomic mass is 10.2. The minimum Gasteiger partial charge on any atom is -0.306 e. The van der Waals surface area contributed by atoms with Crippen LogP contribution in [0, 0.1) is 0 Å². The number of benzene rings is 1. The highest BCUT2D eigenvalue weighted by Gasteiger charge is 2.12. The summed E-state index contributed by atoms with van der Waals surface area (Å²) in [7, 11) is 0. The molecule has 0 aliphatic rings.